The molecule has 0 N–H and O–H groups in total. The topological polar surface area (TPSA) is 69.7 Å². The summed E-state index contributed by atoms with van der Waals surface area (Å²) in [6.45, 7) is 1.50. The van der Waals surface area contributed by atoms with Gasteiger partial charge in [0.1, 0.15) is 0 Å². The molecule has 0 saturated carbocycles. The van der Waals surface area contributed by atoms with Crippen molar-refractivity contribution < 1.29 is 23.9 Å². The third-order valence-corrected chi connectivity index (χ3v) is 3.68. The Morgan fingerprint density at radius 3 is 2.33 bits per heavy atom. The predicted octanol–water partition coefficient (Wildman–Crippen LogP) is 2.01. The van der Waals surface area contributed by atoms with Crippen molar-refractivity contribution in [3.63, 3.8) is 0 Å². The van der Waals surface area contributed by atoms with Gasteiger partial charge in [-0.15, -0.1) is 0 Å². The van der Waals surface area contributed by atoms with Gasteiger partial charge >= 0.3 is 11.9 Å². The predicted molar refractivity (Wildman–Crippen MR) is 80.3 cm³/mol. The van der Waals surface area contributed by atoms with Crippen LogP contribution in [-0.4, -0.2) is 37.0 Å². The fraction of sp³-hybridized carbons (Fsp3) is 0.400. The van der Waals surface area contributed by atoms with Gasteiger partial charge in [0.05, 0.1) is 26.2 Å². The fourth-order valence-corrected chi connectivity index (χ4v) is 2.52. The lowest BCUT2D eigenvalue weighted by Gasteiger charge is -2.12. The molecule has 0 spiro atoms. The van der Waals surface area contributed by atoms with Gasteiger partial charge < -0.3 is 9.47 Å². The van der Waals surface area contributed by atoms with Gasteiger partial charge in [0.2, 0.25) is 0 Å². The summed E-state index contributed by atoms with van der Waals surface area (Å²) in [5.74, 6) is -0.339. The normalized spacial score (nSPS) is 10.0. The lowest BCUT2D eigenvalue weighted by Crippen LogP contribution is -2.14. The third kappa shape index (κ3) is 5.23. The molecule has 1 aromatic carbocycles. The van der Waals surface area contributed by atoms with E-state index < -0.39 is 11.9 Å². The van der Waals surface area contributed by atoms with E-state index in [-0.39, 0.29) is 11.5 Å². The fourth-order valence-electron chi connectivity index (χ4n) is 1.91. The lowest BCUT2D eigenvalue weighted by molar-refractivity contribution is -0.139. The van der Waals surface area contributed by atoms with Gasteiger partial charge in [-0.2, -0.15) is 0 Å². The summed E-state index contributed by atoms with van der Waals surface area (Å²) in [5, 5.41) is 0.0281. The average molecular weight is 310 g/mol. The first-order chi connectivity index (χ1) is 9.99. The van der Waals surface area contributed by atoms with Crippen LogP contribution in [0.5, 0.6) is 0 Å². The van der Waals surface area contributed by atoms with Crippen molar-refractivity contribution in [1.82, 2.24) is 0 Å². The van der Waals surface area contributed by atoms with Crippen LogP contribution in [0.25, 0.3) is 0 Å². The molecule has 0 unspecified atom stereocenters. The minimum absolute atomic E-state index is 0.00856. The number of carbonyl (C=O) groups is 3. The van der Waals surface area contributed by atoms with Crippen LogP contribution in [-0.2, 0) is 31.9 Å². The molecular weight excluding hydrogens is 292 g/mol. The number of thioether (sulfide) groups is 1. The van der Waals surface area contributed by atoms with Gasteiger partial charge in [0.15, 0.2) is 5.12 Å². The maximum absolute atomic E-state index is 12.0. The van der Waals surface area contributed by atoms with Crippen LogP contribution in [0.2, 0.25) is 0 Å². The molecule has 1 rings (SSSR count). The molecule has 0 aromatic heterocycles. The molecule has 1 aromatic rings. The van der Waals surface area contributed by atoms with Crippen molar-refractivity contribution in [3.05, 3.63) is 34.9 Å². The molecule has 0 radical (unpaired) electrons. The Morgan fingerprint density at radius 1 is 1.10 bits per heavy atom. The number of aryl methyl sites for hydroxylation is 1. The number of carbonyl (C=O) groups excluding carboxylic acids is 3. The molecule has 0 saturated heterocycles. The Bertz CT molecular complexity index is 539. The van der Waals surface area contributed by atoms with Crippen molar-refractivity contribution >= 4 is 28.8 Å². The minimum atomic E-state index is -0.489. The van der Waals surface area contributed by atoms with Gasteiger partial charge in [-0.1, -0.05) is 30.0 Å². The summed E-state index contributed by atoms with van der Waals surface area (Å²) in [5.41, 5.74) is 1.71. The molecule has 0 aliphatic rings. The summed E-state index contributed by atoms with van der Waals surface area (Å²) in [4.78, 5) is 34.4. The first-order valence-corrected chi connectivity index (χ1v) is 7.37. The molecule has 0 amide bonds. The largest absolute Gasteiger partial charge is 0.469 e. The first kappa shape index (κ1) is 17.2. The second-order valence-electron chi connectivity index (χ2n) is 4.29. The minimum Gasteiger partial charge on any atom is -0.469 e. The summed E-state index contributed by atoms with van der Waals surface area (Å²) >= 11 is 1.20. The van der Waals surface area contributed by atoms with Crippen LogP contribution in [0.3, 0.4) is 0 Å². The van der Waals surface area contributed by atoms with Crippen molar-refractivity contribution in [2.24, 2.45) is 0 Å². The van der Waals surface area contributed by atoms with Gasteiger partial charge in [-0.25, -0.2) is 4.79 Å². The number of methoxy groups -OCH3 is 2. The monoisotopic (exact) mass is 310 g/mol. The second-order valence-corrected chi connectivity index (χ2v) is 5.56. The van der Waals surface area contributed by atoms with Gasteiger partial charge in [-0.05, 0) is 17.5 Å². The van der Waals surface area contributed by atoms with E-state index in [0.717, 1.165) is 5.56 Å². The highest BCUT2D eigenvalue weighted by molar-refractivity contribution is 8.13. The Kier molecular flexibility index (Phi) is 6.94. The van der Waals surface area contributed by atoms with Crippen LogP contribution in [0.4, 0.5) is 0 Å². The van der Waals surface area contributed by atoms with Gasteiger partial charge in [-0.3, -0.25) is 9.59 Å². The highest BCUT2D eigenvalue weighted by Gasteiger charge is 2.18. The molecule has 0 aliphatic heterocycles. The zero-order valence-electron chi connectivity index (χ0n) is 12.3. The zero-order chi connectivity index (χ0) is 15.8. The number of esters is 2. The number of ether oxygens (including phenoxy) is 2. The Hall–Kier alpha value is -1.82. The van der Waals surface area contributed by atoms with Crippen LogP contribution in [0.1, 0.15) is 28.4 Å². The first-order valence-electron chi connectivity index (χ1n) is 6.38. The highest BCUT2D eigenvalue weighted by atomic mass is 32.2. The molecule has 0 atom stereocenters. The van der Waals surface area contributed by atoms with E-state index in [0.29, 0.717) is 23.3 Å². The molecule has 0 aliphatic carbocycles. The summed E-state index contributed by atoms with van der Waals surface area (Å²) in [6, 6.07) is 5.27. The van der Waals surface area contributed by atoms with E-state index in [1.165, 1.54) is 32.9 Å². The molecule has 114 valence electrons. The standard InChI is InChI=1S/C15H18O5S/c1-10(16)21-8-7-11-5-4-6-12(9-13(17)19-2)14(11)15(18)20-3/h4-6H,7-9H2,1-3H3. The molecule has 0 bridgehead atoms. The number of benzene rings is 1. The van der Waals surface area contributed by atoms with Crippen LogP contribution in [0, 0.1) is 0 Å². The molecule has 5 nitrogen and oxygen atoms in total. The van der Waals surface area contributed by atoms with E-state index in [1.807, 2.05) is 0 Å². The van der Waals surface area contributed by atoms with Crippen molar-refractivity contribution in [2.45, 2.75) is 19.8 Å². The molecule has 6 heteroatoms. The molecule has 21 heavy (non-hydrogen) atoms. The smallest absolute Gasteiger partial charge is 0.338 e. The van der Waals surface area contributed by atoms with Crippen LogP contribution >= 0.6 is 11.8 Å². The van der Waals surface area contributed by atoms with Gasteiger partial charge in [0.25, 0.3) is 0 Å². The zero-order valence-corrected chi connectivity index (χ0v) is 13.1. The van der Waals surface area contributed by atoms with Crippen molar-refractivity contribution in [3.8, 4) is 0 Å². The second kappa shape index (κ2) is 8.46. The van der Waals surface area contributed by atoms with E-state index in [9.17, 15) is 14.4 Å². The van der Waals surface area contributed by atoms with E-state index in [4.69, 9.17) is 4.74 Å². The summed E-state index contributed by atoms with van der Waals surface area (Å²) in [6.07, 6.45) is 0.554. The quantitative estimate of drug-likeness (QED) is 0.749. The SMILES string of the molecule is COC(=O)Cc1cccc(CCSC(C)=O)c1C(=O)OC. The third-order valence-electron chi connectivity index (χ3n) is 2.87. The number of rotatable bonds is 6. The Labute approximate surface area is 128 Å². The number of hydrogen-bond donors (Lipinski definition) is 0. The molecular formula is C15H18O5S. The number of hydrogen-bond acceptors (Lipinski definition) is 6. The van der Waals surface area contributed by atoms with Crippen LogP contribution in [0.15, 0.2) is 18.2 Å². The maximum atomic E-state index is 12.0. The highest BCUT2D eigenvalue weighted by Crippen LogP contribution is 2.19. The summed E-state index contributed by atoms with van der Waals surface area (Å²) in [7, 11) is 2.60. The van der Waals surface area contributed by atoms with E-state index >= 15 is 0 Å². The average Bonchev–Trinajstić information content (AvgIpc) is 2.46. The van der Waals surface area contributed by atoms with Crippen LogP contribution < -0.4 is 0 Å². The molecule has 0 fully saturated rings. The summed E-state index contributed by atoms with van der Waals surface area (Å²) < 4.78 is 9.43. The maximum Gasteiger partial charge on any atom is 0.338 e. The van der Waals surface area contributed by atoms with Gasteiger partial charge in [0, 0.05) is 12.7 Å². The Morgan fingerprint density at radius 2 is 1.76 bits per heavy atom. The van der Waals surface area contributed by atoms with E-state index in [2.05, 4.69) is 4.74 Å². The van der Waals surface area contributed by atoms with Crippen molar-refractivity contribution in [1.29, 1.82) is 0 Å². The Balaban J connectivity index is 3.05. The van der Waals surface area contributed by atoms with E-state index in [1.54, 1.807) is 18.2 Å². The lowest BCUT2D eigenvalue weighted by atomic mass is 9.97. The van der Waals surface area contributed by atoms with Crippen molar-refractivity contribution in [2.75, 3.05) is 20.0 Å². The molecule has 0 heterocycles.